The molecule has 0 aliphatic heterocycles. The summed E-state index contributed by atoms with van der Waals surface area (Å²) in [5.41, 5.74) is 0. The molecule has 1 amide bonds. The summed E-state index contributed by atoms with van der Waals surface area (Å²) in [7, 11) is 1.86. The number of aliphatic hydroxyl groups is 1. The molecule has 0 bridgehead atoms. The molecule has 2 saturated carbocycles. The Kier molecular flexibility index (Phi) is 2.06. The summed E-state index contributed by atoms with van der Waals surface area (Å²) in [6.45, 7) is 2.12. The first-order chi connectivity index (χ1) is 6.09. The molecule has 74 valence electrons. The molecule has 13 heavy (non-hydrogen) atoms. The van der Waals surface area contributed by atoms with E-state index in [0.29, 0.717) is 12.0 Å². The highest BCUT2D eigenvalue weighted by molar-refractivity contribution is 5.81. The van der Waals surface area contributed by atoms with E-state index in [2.05, 4.69) is 6.92 Å². The molecule has 2 aliphatic carbocycles. The SMILES string of the molecule is CC1CC1C(=O)N(C)C1CC(O)C1. The summed E-state index contributed by atoms with van der Waals surface area (Å²) < 4.78 is 0. The third-order valence-electron chi connectivity index (χ3n) is 3.41. The van der Waals surface area contributed by atoms with E-state index >= 15 is 0 Å². The van der Waals surface area contributed by atoms with Crippen molar-refractivity contribution >= 4 is 5.91 Å². The number of carbonyl (C=O) groups is 1. The Bertz CT molecular complexity index is 223. The first-order valence-electron chi connectivity index (χ1n) is 5.04. The van der Waals surface area contributed by atoms with E-state index in [1.807, 2.05) is 11.9 Å². The molecule has 1 N–H and O–H groups in total. The van der Waals surface area contributed by atoms with Crippen molar-refractivity contribution in [2.24, 2.45) is 11.8 Å². The highest BCUT2D eigenvalue weighted by Gasteiger charge is 2.43. The van der Waals surface area contributed by atoms with E-state index in [-0.39, 0.29) is 17.9 Å². The first kappa shape index (κ1) is 9.00. The Morgan fingerprint density at radius 1 is 1.38 bits per heavy atom. The molecule has 0 radical (unpaired) electrons. The lowest BCUT2D eigenvalue weighted by molar-refractivity contribution is -0.137. The maximum Gasteiger partial charge on any atom is 0.225 e. The zero-order valence-electron chi connectivity index (χ0n) is 8.23. The van der Waals surface area contributed by atoms with Crippen molar-refractivity contribution < 1.29 is 9.90 Å². The van der Waals surface area contributed by atoms with Crippen molar-refractivity contribution in [3.05, 3.63) is 0 Å². The minimum absolute atomic E-state index is 0.170. The van der Waals surface area contributed by atoms with Crippen LogP contribution in [-0.2, 0) is 4.79 Å². The van der Waals surface area contributed by atoms with Crippen molar-refractivity contribution in [3.63, 3.8) is 0 Å². The van der Waals surface area contributed by atoms with E-state index in [1.165, 1.54) is 0 Å². The summed E-state index contributed by atoms with van der Waals surface area (Å²) in [5.74, 6) is 1.15. The number of rotatable bonds is 2. The summed E-state index contributed by atoms with van der Waals surface area (Å²) in [5, 5.41) is 9.12. The molecule has 0 saturated heterocycles. The highest BCUT2D eigenvalue weighted by atomic mass is 16.3. The Balaban J connectivity index is 1.83. The van der Waals surface area contributed by atoms with Gasteiger partial charge in [-0.2, -0.15) is 0 Å². The Morgan fingerprint density at radius 2 is 1.92 bits per heavy atom. The van der Waals surface area contributed by atoms with Gasteiger partial charge < -0.3 is 10.0 Å². The molecule has 3 heteroatoms. The molecule has 2 fully saturated rings. The predicted molar refractivity (Wildman–Crippen MR) is 49.1 cm³/mol. The average molecular weight is 183 g/mol. The van der Waals surface area contributed by atoms with Crippen LogP contribution in [0.2, 0.25) is 0 Å². The van der Waals surface area contributed by atoms with Gasteiger partial charge in [0.1, 0.15) is 0 Å². The fraction of sp³-hybridized carbons (Fsp3) is 0.900. The maximum atomic E-state index is 11.7. The van der Waals surface area contributed by atoms with Crippen LogP contribution in [0.4, 0.5) is 0 Å². The quantitative estimate of drug-likeness (QED) is 0.682. The van der Waals surface area contributed by atoms with E-state index in [9.17, 15) is 4.79 Å². The predicted octanol–water partition coefficient (Wildman–Crippen LogP) is 0.624. The van der Waals surface area contributed by atoms with Gasteiger partial charge in [-0.1, -0.05) is 6.92 Å². The molecule has 0 spiro atoms. The standard InChI is InChI=1S/C10H17NO2/c1-6-3-9(6)10(13)11(2)7-4-8(12)5-7/h6-9,12H,3-5H2,1-2H3. The Morgan fingerprint density at radius 3 is 2.31 bits per heavy atom. The largest absolute Gasteiger partial charge is 0.393 e. The third kappa shape index (κ3) is 1.57. The topological polar surface area (TPSA) is 40.5 Å². The molecule has 0 heterocycles. The molecule has 2 rings (SSSR count). The molecular weight excluding hydrogens is 166 g/mol. The van der Waals surface area contributed by atoms with Crippen LogP contribution in [0, 0.1) is 11.8 Å². The molecule has 0 aromatic heterocycles. The van der Waals surface area contributed by atoms with E-state index in [1.54, 1.807) is 0 Å². The molecule has 0 aromatic rings. The van der Waals surface area contributed by atoms with Gasteiger partial charge in [-0.05, 0) is 25.2 Å². The monoisotopic (exact) mass is 183 g/mol. The van der Waals surface area contributed by atoms with Gasteiger partial charge in [0, 0.05) is 19.0 Å². The third-order valence-corrected chi connectivity index (χ3v) is 3.41. The van der Waals surface area contributed by atoms with Gasteiger partial charge in [-0.3, -0.25) is 4.79 Å². The van der Waals surface area contributed by atoms with E-state index in [4.69, 9.17) is 5.11 Å². The number of hydrogen-bond acceptors (Lipinski definition) is 2. The Hall–Kier alpha value is -0.570. The lowest BCUT2D eigenvalue weighted by Gasteiger charge is -2.38. The molecular formula is C10H17NO2. The van der Waals surface area contributed by atoms with Crippen LogP contribution in [0.3, 0.4) is 0 Å². The van der Waals surface area contributed by atoms with Crippen LogP contribution in [0.1, 0.15) is 26.2 Å². The van der Waals surface area contributed by atoms with Crippen molar-refractivity contribution in [2.75, 3.05) is 7.05 Å². The summed E-state index contributed by atoms with van der Waals surface area (Å²) in [6, 6.07) is 0.301. The van der Waals surface area contributed by atoms with Crippen molar-refractivity contribution in [1.29, 1.82) is 0 Å². The molecule has 0 aromatic carbocycles. The summed E-state index contributed by atoms with van der Waals surface area (Å²) in [6.07, 6.45) is 2.42. The number of carbonyl (C=O) groups excluding carboxylic acids is 1. The molecule has 2 unspecified atom stereocenters. The lowest BCUT2D eigenvalue weighted by atomic mass is 9.88. The summed E-state index contributed by atoms with van der Waals surface area (Å²) >= 11 is 0. The number of amides is 1. The minimum Gasteiger partial charge on any atom is -0.393 e. The van der Waals surface area contributed by atoms with Gasteiger partial charge in [0.15, 0.2) is 0 Å². The maximum absolute atomic E-state index is 11.7. The van der Waals surface area contributed by atoms with Crippen molar-refractivity contribution in [1.82, 2.24) is 4.90 Å². The fourth-order valence-corrected chi connectivity index (χ4v) is 1.98. The smallest absolute Gasteiger partial charge is 0.225 e. The van der Waals surface area contributed by atoms with Crippen molar-refractivity contribution in [3.8, 4) is 0 Å². The van der Waals surface area contributed by atoms with Crippen LogP contribution >= 0.6 is 0 Å². The second-order valence-electron chi connectivity index (χ2n) is 4.55. The van der Waals surface area contributed by atoms with Crippen LogP contribution in [0.15, 0.2) is 0 Å². The van der Waals surface area contributed by atoms with E-state index in [0.717, 1.165) is 19.3 Å². The second kappa shape index (κ2) is 2.98. The second-order valence-corrected chi connectivity index (χ2v) is 4.55. The van der Waals surface area contributed by atoms with Crippen molar-refractivity contribution in [2.45, 2.75) is 38.3 Å². The van der Waals surface area contributed by atoms with Crippen LogP contribution in [0.5, 0.6) is 0 Å². The molecule has 2 aliphatic rings. The van der Waals surface area contributed by atoms with Gasteiger partial charge in [0.25, 0.3) is 0 Å². The normalized spacial score (nSPS) is 42.4. The minimum atomic E-state index is -0.170. The fourth-order valence-electron chi connectivity index (χ4n) is 1.98. The van der Waals surface area contributed by atoms with Crippen LogP contribution < -0.4 is 0 Å². The molecule has 3 nitrogen and oxygen atoms in total. The lowest BCUT2D eigenvalue weighted by Crippen LogP contribution is -2.48. The van der Waals surface area contributed by atoms with Gasteiger partial charge in [0.05, 0.1) is 6.10 Å². The van der Waals surface area contributed by atoms with E-state index < -0.39 is 0 Å². The average Bonchev–Trinajstić information content (AvgIpc) is 2.74. The zero-order chi connectivity index (χ0) is 9.59. The van der Waals surface area contributed by atoms with Crippen LogP contribution in [-0.4, -0.2) is 35.1 Å². The number of hydrogen-bond donors (Lipinski definition) is 1. The molecule has 2 atom stereocenters. The highest BCUT2D eigenvalue weighted by Crippen LogP contribution is 2.40. The van der Waals surface area contributed by atoms with Gasteiger partial charge >= 0.3 is 0 Å². The number of nitrogens with zero attached hydrogens (tertiary/aromatic N) is 1. The van der Waals surface area contributed by atoms with Gasteiger partial charge in [-0.15, -0.1) is 0 Å². The first-order valence-corrected chi connectivity index (χ1v) is 5.04. The van der Waals surface area contributed by atoms with Gasteiger partial charge in [-0.25, -0.2) is 0 Å². The van der Waals surface area contributed by atoms with Crippen LogP contribution in [0.25, 0.3) is 0 Å². The Labute approximate surface area is 78.7 Å². The summed E-state index contributed by atoms with van der Waals surface area (Å²) in [4.78, 5) is 13.5. The number of aliphatic hydroxyl groups excluding tert-OH is 1. The van der Waals surface area contributed by atoms with Gasteiger partial charge in [0.2, 0.25) is 5.91 Å². The zero-order valence-corrected chi connectivity index (χ0v) is 8.23.